The molecule has 10 heteroatoms. The molecule has 3 rings (SSSR count). The first kappa shape index (κ1) is 27.8. The van der Waals surface area contributed by atoms with Gasteiger partial charge in [-0.2, -0.15) is 5.26 Å². The van der Waals surface area contributed by atoms with Crippen LogP contribution in [0.15, 0.2) is 66.2 Å². The standard InChI is InChI=1S/C28H24ClN3O6/c1-3-37-24-13-18(11-20(15-30)27(34)32-22-6-4-5-19(14-22)28(35)36)12-23(29)26(24)38-16-25(33)31-21-9-7-17(2)8-10-21/h4-14H,3,16H2,1-2H3,(H,31,33)(H,32,34)(H,35,36)/b20-11-. The minimum absolute atomic E-state index is 0.0124. The molecule has 38 heavy (non-hydrogen) atoms. The largest absolute Gasteiger partial charge is 0.490 e. The van der Waals surface area contributed by atoms with Crippen LogP contribution in [0, 0.1) is 18.3 Å². The lowest BCUT2D eigenvalue weighted by molar-refractivity contribution is -0.118. The molecule has 3 aromatic rings. The number of nitrogens with one attached hydrogen (secondary N) is 2. The first-order valence-corrected chi connectivity index (χ1v) is 11.8. The van der Waals surface area contributed by atoms with E-state index >= 15 is 0 Å². The fourth-order valence-corrected chi connectivity index (χ4v) is 3.56. The van der Waals surface area contributed by atoms with E-state index < -0.39 is 17.8 Å². The summed E-state index contributed by atoms with van der Waals surface area (Å²) in [6.45, 7) is 3.63. The number of aryl methyl sites for hydroxylation is 1. The third-order valence-electron chi connectivity index (χ3n) is 5.06. The van der Waals surface area contributed by atoms with Gasteiger partial charge in [0, 0.05) is 11.4 Å². The highest BCUT2D eigenvalue weighted by atomic mass is 35.5. The molecular formula is C28H24ClN3O6. The second kappa shape index (κ2) is 12.9. The van der Waals surface area contributed by atoms with Gasteiger partial charge < -0.3 is 25.2 Å². The van der Waals surface area contributed by atoms with Crippen molar-refractivity contribution in [3.05, 3.63) is 87.9 Å². The predicted molar refractivity (Wildman–Crippen MR) is 144 cm³/mol. The van der Waals surface area contributed by atoms with E-state index in [0.717, 1.165) is 5.56 Å². The van der Waals surface area contributed by atoms with Gasteiger partial charge >= 0.3 is 5.97 Å². The lowest BCUT2D eigenvalue weighted by Gasteiger charge is -2.15. The summed E-state index contributed by atoms with van der Waals surface area (Å²) >= 11 is 6.41. The summed E-state index contributed by atoms with van der Waals surface area (Å²) < 4.78 is 11.3. The van der Waals surface area contributed by atoms with Gasteiger partial charge in [-0.1, -0.05) is 35.4 Å². The lowest BCUT2D eigenvalue weighted by atomic mass is 10.1. The van der Waals surface area contributed by atoms with Gasteiger partial charge in [0.05, 0.1) is 17.2 Å². The molecule has 0 saturated carbocycles. The first-order chi connectivity index (χ1) is 18.2. The molecule has 3 N–H and O–H groups in total. The normalized spacial score (nSPS) is 10.7. The van der Waals surface area contributed by atoms with Crippen LogP contribution in [0.5, 0.6) is 11.5 Å². The van der Waals surface area contributed by atoms with Crippen LogP contribution in [0.4, 0.5) is 11.4 Å². The highest BCUT2D eigenvalue weighted by Crippen LogP contribution is 2.37. The van der Waals surface area contributed by atoms with Crippen LogP contribution in [0.25, 0.3) is 6.08 Å². The van der Waals surface area contributed by atoms with Gasteiger partial charge in [0.1, 0.15) is 11.6 Å². The zero-order chi connectivity index (χ0) is 27.7. The number of carbonyl (C=O) groups excluding carboxylic acids is 2. The maximum absolute atomic E-state index is 12.7. The summed E-state index contributed by atoms with van der Waals surface area (Å²) in [6, 6.07) is 17.7. The maximum atomic E-state index is 12.7. The number of benzene rings is 3. The first-order valence-electron chi connectivity index (χ1n) is 11.4. The Morgan fingerprint density at radius 1 is 1.03 bits per heavy atom. The van der Waals surface area contributed by atoms with E-state index in [4.69, 9.17) is 26.2 Å². The third kappa shape index (κ3) is 7.59. The molecule has 0 aromatic heterocycles. The summed E-state index contributed by atoms with van der Waals surface area (Å²) in [5, 5.41) is 24.0. The minimum Gasteiger partial charge on any atom is -0.490 e. The van der Waals surface area contributed by atoms with Crippen molar-refractivity contribution < 1.29 is 29.0 Å². The second-order valence-corrected chi connectivity index (χ2v) is 8.38. The topological polar surface area (TPSA) is 138 Å². The molecule has 0 unspecified atom stereocenters. The fourth-order valence-electron chi connectivity index (χ4n) is 3.29. The number of hydrogen-bond acceptors (Lipinski definition) is 6. The van der Waals surface area contributed by atoms with Gasteiger partial charge in [-0.05, 0) is 68.0 Å². The van der Waals surface area contributed by atoms with E-state index in [2.05, 4.69) is 10.6 Å². The number of anilines is 2. The number of halogens is 1. The van der Waals surface area contributed by atoms with E-state index in [1.807, 2.05) is 25.1 Å². The van der Waals surface area contributed by atoms with Crippen molar-refractivity contribution in [2.75, 3.05) is 23.8 Å². The van der Waals surface area contributed by atoms with Crippen LogP contribution in [0.3, 0.4) is 0 Å². The summed E-state index contributed by atoms with van der Waals surface area (Å²) in [5.41, 5.74) is 2.01. The Morgan fingerprint density at radius 3 is 2.42 bits per heavy atom. The molecule has 0 spiro atoms. The third-order valence-corrected chi connectivity index (χ3v) is 5.34. The molecule has 3 aromatic carbocycles. The molecule has 2 amide bonds. The molecule has 9 nitrogen and oxygen atoms in total. The molecule has 0 heterocycles. The molecule has 0 radical (unpaired) electrons. The SMILES string of the molecule is CCOc1cc(/C=C(/C#N)C(=O)Nc2cccc(C(=O)O)c2)cc(Cl)c1OCC(=O)Nc1ccc(C)cc1. The molecule has 0 atom stereocenters. The van der Waals surface area contributed by atoms with Crippen LogP contribution < -0.4 is 20.1 Å². The number of rotatable bonds is 10. The molecule has 0 aliphatic rings. The highest BCUT2D eigenvalue weighted by molar-refractivity contribution is 6.32. The Kier molecular flexibility index (Phi) is 9.46. The fraction of sp³-hybridized carbons (Fsp3) is 0.143. The molecular weight excluding hydrogens is 510 g/mol. The quantitative estimate of drug-likeness (QED) is 0.237. The van der Waals surface area contributed by atoms with Crippen LogP contribution in [0.1, 0.15) is 28.4 Å². The zero-order valence-corrected chi connectivity index (χ0v) is 21.3. The van der Waals surface area contributed by atoms with E-state index in [1.54, 1.807) is 19.1 Å². The number of nitrogens with zero attached hydrogens (tertiary/aromatic N) is 1. The van der Waals surface area contributed by atoms with Gasteiger partial charge in [-0.25, -0.2) is 4.79 Å². The Labute approximate surface area is 224 Å². The summed E-state index contributed by atoms with van der Waals surface area (Å²) in [4.78, 5) is 36.2. The van der Waals surface area contributed by atoms with E-state index in [0.29, 0.717) is 11.3 Å². The number of hydrogen-bond donors (Lipinski definition) is 3. The van der Waals surface area contributed by atoms with Crippen LogP contribution in [-0.4, -0.2) is 36.1 Å². The van der Waals surface area contributed by atoms with Gasteiger partial charge in [0.25, 0.3) is 11.8 Å². The molecule has 0 aliphatic heterocycles. The van der Waals surface area contributed by atoms with Crippen LogP contribution in [0.2, 0.25) is 5.02 Å². The van der Waals surface area contributed by atoms with Crippen molar-refractivity contribution >= 4 is 46.8 Å². The molecule has 0 fully saturated rings. The summed E-state index contributed by atoms with van der Waals surface area (Å²) in [7, 11) is 0. The minimum atomic E-state index is -1.15. The Morgan fingerprint density at radius 2 is 1.76 bits per heavy atom. The highest BCUT2D eigenvalue weighted by Gasteiger charge is 2.16. The van der Waals surface area contributed by atoms with Gasteiger partial charge in [0.15, 0.2) is 18.1 Å². The monoisotopic (exact) mass is 533 g/mol. The van der Waals surface area contributed by atoms with Crippen molar-refractivity contribution in [2.24, 2.45) is 0 Å². The Balaban J connectivity index is 1.77. The smallest absolute Gasteiger partial charge is 0.335 e. The van der Waals surface area contributed by atoms with Gasteiger partial charge in [0.2, 0.25) is 0 Å². The van der Waals surface area contributed by atoms with Crippen molar-refractivity contribution in [2.45, 2.75) is 13.8 Å². The van der Waals surface area contributed by atoms with E-state index in [-0.39, 0.29) is 46.6 Å². The van der Waals surface area contributed by atoms with Crippen molar-refractivity contribution in [3.63, 3.8) is 0 Å². The van der Waals surface area contributed by atoms with Crippen molar-refractivity contribution in [1.29, 1.82) is 5.26 Å². The van der Waals surface area contributed by atoms with Crippen molar-refractivity contribution in [1.82, 2.24) is 0 Å². The van der Waals surface area contributed by atoms with E-state index in [1.165, 1.54) is 42.5 Å². The van der Waals surface area contributed by atoms with Gasteiger partial charge in [-0.3, -0.25) is 9.59 Å². The number of ether oxygens (including phenoxy) is 2. The number of nitriles is 1. The Bertz CT molecular complexity index is 1430. The number of carbonyl (C=O) groups is 3. The van der Waals surface area contributed by atoms with Crippen molar-refractivity contribution in [3.8, 4) is 17.6 Å². The molecule has 0 aliphatic carbocycles. The number of amides is 2. The maximum Gasteiger partial charge on any atom is 0.335 e. The van der Waals surface area contributed by atoms with Gasteiger partial charge in [-0.15, -0.1) is 0 Å². The van der Waals surface area contributed by atoms with Crippen LogP contribution in [-0.2, 0) is 9.59 Å². The zero-order valence-electron chi connectivity index (χ0n) is 20.6. The summed E-state index contributed by atoms with van der Waals surface area (Å²) in [6.07, 6.45) is 1.30. The number of aromatic carboxylic acids is 1. The number of carboxylic acid groups (broad SMARTS) is 1. The predicted octanol–water partition coefficient (Wildman–Crippen LogP) is 5.31. The average molecular weight is 534 g/mol. The second-order valence-electron chi connectivity index (χ2n) is 7.98. The summed E-state index contributed by atoms with van der Waals surface area (Å²) in [5.74, 6) is -1.92. The number of carboxylic acids is 1. The lowest BCUT2D eigenvalue weighted by Crippen LogP contribution is -2.20. The van der Waals surface area contributed by atoms with Crippen LogP contribution >= 0.6 is 11.6 Å². The molecule has 0 saturated heterocycles. The Hall–Kier alpha value is -4.81. The van der Waals surface area contributed by atoms with E-state index in [9.17, 15) is 19.6 Å². The average Bonchev–Trinajstić information content (AvgIpc) is 2.88. The molecule has 194 valence electrons. The molecule has 0 bridgehead atoms.